The zero-order valence-electron chi connectivity index (χ0n) is 14.2. The summed E-state index contributed by atoms with van der Waals surface area (Å²) in [4.78, 5) is 40.3. The number of hydrogen-bond acceptors (Lipinski definition) is 5. The summed E-state index contributed by atoms with van der Waals surface area (Å²) >= 11 is 4.01. The van der Waals surface area contributed by atoms with Crippen LogP contribution in [0.5, 0.6) is 0 Å². The van der Waals surface area contributed by atoms with Crippen LogP contribution in [0.1, 0.15) is 16.9 Å². The SMILES string of the molecule is O=C(CN1C(=O)SC(=Cc2ccc(Br)o2)C1=O)N1CCc2ccccc2C1. The second-order valence-electron chi connectivity index (χ2n) is 6.24. The van der Waals surface area contributed by atoms with Gasteiger partial charge >= 0.3 is 0 Å². The normalized spacial score (nSPS) is 18.3. The smallest absolute Gasteiger partial charge is 0.294 e. The average molecular weight is 447 g/mol. The first-order valence-corrected chi connectivity index (χ1v) is 9.97. The van der Waals surface area contributed by atoms with Gasteiger partial charge in [-0.3, -0.25) is 19.3 Å². The Kier molecular flexibility index (Phi) is 4.92. The number of carbonyl (C=O) groups is 3. The van der Waals surface area contributed by atoms with E-state index in [0.717, 1.165) is 28.6 Å². The van der Waals surface area contributed by atoms with Crippen molar-refractivity contribution >= 4 is 50.8 Å². The second-order valence-corrected chi connectivity index (χ2v) is 8.02. The molecule has 2 aromatic rings. The zero-order chi connectivity index (χ0) is 19.0. The standard InChI is InChI=1S/C19H15BrN2O4S/c20-16-6-5-14(26-16)9-15-18(24)22(19(25)27-15)11-17(23)21-8-7-12-3-1-2-4-13(12)10-21/h1-6,9H,7-8,10-11H2. The number of hydrogen-bond donors (Lipinski definition) is 0. The number of furan rings is 1. The van der Waals surface area contributed by atoms with E-state index in [2.05, 4.69) is 22.0 Å². The van der Waals surface area contributed by atoms with Crippen molar-refractivity contribution in [3.63, 3.8) is 0 Å². The maximum atomic E-state index is 12.6. The van der Waals surface area contributed by atoms with Crippen molar-refractivity contribution in [2.45, 2.75) is 13.0 Å². The van der Waals surface area contributed by atoms with Gasteiger partial charge in [-0.05, 0) is 57.4 Å². The Morgan fingerprint density at radius 1 is 1.19 bits per heavy atom. The van der Waals surface area contributed by atoms with E-state index in [0.29, 0.717) is 23.5 Å². The quantitative estimate of drug-likeness (QED) is 0.672. The lowest BCUT2D eigenvalue weighted by molar-refractivity contribution is -0.136. The minimum absolute atomic E-state index is 0.228. The molecule has 8 heteroatoms. The number of nitrogens with zero attached hydrogens (tertiary/aromatic N) is 2. The van der Waals surface area contributed by atoms with E-state index in [4.69, 9.17) is 4.42 Å². The topological polar surface area (TPSA) is 70.8 Å². The molecule has 0 bridgehead atoms. The van der Waals surface area contributed by atoms with Crippen LogP contribution in [-0.4, -0.2) is 39.9 Å². The number of imide groups is 1. The third-order valence-electron chi connectivity index (χ3n) is 4.52. The monoisotopic (exact) mass is 446 g/mol. The molecule has 27 heavy (non-hydrogen) atoms. The molecule has 138 valence electrons. The molecule has 3 heterocycles. The van der Waals surface area contributed by atoms with Crippen molar-refractivity contribution in [3.05, 3.63) is 62.9 Å². The molecule has 3 amide bonds. The second kappa shape index (κ2) is 7.36. The van der Waals surface area contributed by atoms with E-state index < -0.39 is 11.1 Å². The third-order valence-corrected chi connectivity index (χ3v) is 5.85. The molecular formula is C19H15BrN2O4S. The predicted molar refractivity (Wildman–Crippen MR) is 105 cm³/mol. The number of thioether (sulfide) groups is 1. The van der Waals surface area contributed by atoms with Gasteiger partial charge in [-0.15, -0.1) is 0 Å². The molecule has 4 rings (SSSR count). The highest BCUT2D eigenvalue weighted by atomic mass is 79.9. The van der Waals surface area contributed by atoms with Crippen LogP contribution in [0.3, 0.4) is 0 Å². The Morgan fingerprint density at radius 3 is 2.70 bits per heavy atom. The van der Waals surface area contributed by atoms with Crippen molar-refractivity contribution in [1.82, 2.24) is 9.80 Å². The number of fused-ring (bicyclic) bond motifs is 1. The molecule has 0 atom stereocenters. The van der Waals surface area contributed by atoms with Crippen LogP contribution >= 0.6 is 27.7 Å². The fourth-order valence-corrected chi connectivity index (χ4v) is 4.25. The molecule has 0 N–H and O–H groups in total. The largest absolute Gasteiger partial charge is 0.450 e. The van der Waals surface area contributed by atoms with Crippen molar-refractivity contribution in [2.24, 2.45) is 0 Å². The molecule has 6 nitrogen and oxygen atoms in total. The number of halogens is 1. The molecule has 0 spiro atoms. The van der Waals surface area contributed by atoms with E-state index in [9.17, 15) is 14.4 Å². The van der Waals surface area contributed by atoms with Crippen molar-refractivity contribution in [2.75, 3.05) is 13.1 Å². The first-order valence-electron chi connectivity index (χ1n) is 8.36. The summed E-state index contributed by atoms with van der Waals surface area (Å²) in [6, 6.07) is 11.4. The molecule has 1 aromatic heterocycles. The molecule has 1 fully saturated rings. The first-order chi connectivity index (χ1) is 13.0. The van der Waals surface area contributed by atoms with Crippen LogP contribution < -0.4 is 0 Å². The summed E-state index contributed by atoms with van der Waals surface area (Å²) in [6.07, 6.45) is 2.29. The van der Waals surface area contributed by atoms with Crippen LogP contribution in [0.15, 0.2) is 50.4 Å². The summed E-state index contributed by atoms with van der Waals surface area (Å²) in [7, 11) is 0. The lowest BCUT2D eigenvalue weighted by Gasteiger charge is -2.29. The maximum Gasteiger partial charge on any atom is 0.294 e. The third kappa shape index (κ3) is 3.72. The Labute approximate surface area is 168 Å². The summed E-state index contributed by atoms with van der Waals surface area (Å²) in [6.45, 7) is 0.843. The van der Waals surface area contributed by atoms with Gasteiger partial charge in [0, 0.05) is 19.2 Å². The average Bonchev–Trinajstić information content (AvgIpc) is 3.19. The number of amides is 3. The lowest BCUT2D eigenvalue weighted by Crippen LogP contribution is -2.44. The maximum absolute atomic E-state index is 12.6. The Hall–Kier alpha value is -2.32. The van der Waals surface area contributed by atoms with E-state index >= 15 is 0 Å². The molecule has 0 saturated carbocycles. The molecule has 0 aliphatic carbocycles. The van der Waals surface area contributed by atoms with Crippen LogP contribution in [0.2, 0.25) is 0 Å². The van der Waals surface area contributed by atoms with Gasteiger partial charge in [-0.2, -0.15) is 0 Å². The Balaban J connectivity index is 1.45. The van der Waals surface area contributed by atoms with Crippen LogP contribution in [-0.2, 0) is 22.6 Å². The molecule has 0 radical (unpaired) electrons. The fourth-order valence-electron chi connectivity index (χ4n) is 3.12. The summed E-state index contributed by atoms with van der Waals surface area (Å²) in [5, 5.41) is -0.442. The summed E-state index contributed by atoms with van der Waals surface area (Å²) < 4.78 is 5.88. The van der Waals surface area contributed by atoms with E-state index in [-0.39, 0.29) is 17.4 Å². The first kappa shape index (κ1) is 18.1. The van der Waals surface area contributed by atoms with Gasteiger partial charge in [-0.25, -0.2) is 0 Å². The van der Waals surface area contributed by atoms with E-state index in [1.165, 1.54) is 11.6 Å². The van der Waals surface area contributed by atoms with E-state index in [1.807, 2.05) is 18.2 Å². The molecular weight excluding hydrogens is 432 g/mol. The fraction of sp³-hybridized carbons (Fsp3) is 0.211. The van der Waals surface area contributed by atoms with Crippen LogP contribution in [0, 0.1) is 0 Å². The number of carbonyl (C=O) groups excluding carboxylic acids is 3. The van der Waals surface area contributed by atoms with Gasteiger partial charge in [0.1, 0.15) is 12.3 Å². The number of rotatable bonds is 3. The number of benzene rings is 1. The van der Waals surface area contributed by atoms with Gasteiger partial charge in [0.2, 0.25) is 5.91 Å². The lowest BCUT2D eigenvalue weighted by atomic mass is 10.00. The molecule has 1 aromatic carbocycles. The minimum atomic E-state index is -0.469. The zero-order valence-corrected chi connectivity index (χ0v) is 16.6. The van der Waals surface area contributed by atoms with Crippen molar-refractivity contribution in [3.8, 4) is 0 Å². The van der Waals surface area contributed by atoms with Crippen LogP contribution in [0.4, 0.5) is 4.79 Å². The highest BCUT2D eigenvalue weighted by Crippen LogP contribution is 2.33. The highest BCUT2D eigenvalue weighted by Gasteiger charge is 2.37. The Morgan fingerprint density at radius 2 is 1.96 bits per heavy atom. The molecule has 1 saturated heterocycles. The summed E-state index contributed by atoms with van der Waals surface area (Å²) in [5.41, 5.74) is 2.34. The van der Waals surface area contributed by atoms with Crippen molar-refractivity contribution < 1.29 is 18.8 Å². The van der Waals surface area contributed by atoms with Gasteiger partial charge < -0.3 is 9.32 Å². The molecule has 0 unspecified atom stereocenters. The minimum Gasteiger partial charge on any atom is -0.450 e. The predicted octanol–water partition coefficient (Wildman–Crippen LogP) is 3.66. The molecule has 2 aliphatic heterocycles. The van der Waals surface area contributed by atoms with Crippen molar-refractivity contribution in [1.29, 1.82) is 0 Å². The van der Waals surface area contributed by atoms with E-state index in [1.54, 1.807) is 17.0 Å². The summed E-state index contributed by atoms with van der Waals surface area (Å²) in [5.74, 6) is -0.233. The van der Waals surface area contributed by atoms with Gasteiger partial charge in [0.25, 0.3) is 11.1 Å². The van der Waals surface area contributed by atoms with Gasteiger partial charge in [-0.1, -0.05) is 24.3 Å². The van der Waals surface area contributed by atoms with Gasteiger partial charge in [0.05, 0.1) is 4.91 Å². The van der Waals surface area contributed by atoms with Gasteiger partial charge in [0.15, 0.2) is 4.67 Å². The molecule has 2 aliphatic rings. The van der Waals surface area contributed by atoms with Crippen LogP contribution in [0.25, 0.3) is 6.08 Å². The highest BCUT2D eigenvalue weighted by molar-refractivity contribution is 9.10. The Bertz CT molecular complexity index is 968.